The van der Waals surface area contributed by atoms with Gasteiger partial charge in [0.25, 0.3) is 15.9 Å². The summed E-state index contributed by atoms with van der Waals surface area (Å²) in [5.41, 5.74) is 0.895. The van der Waals surface area contributed by atoms with Gasteiger partial charge in [-0.25, -0.2) is 18.4 Å². The lowest BCUT2D eigenvalue weighted by Gasteiger charge is -2.12. The lowest BCUT2D eigenvalue weighted by atomic mass is 10.2. The van der Waals surface area contributed by atoms with E-state index in [4.69, 9.17) is 21.7 Å². The zero-order chi connectivity index (χ0) is 25.3. The van der Waals surface area contributed by atoms with Crippen LogP contribution >= 0.6 is 12.2 Å². The van der Waals surface area contributed by atoms with E-state index in [0.717, 1.165) is 12.8 Å². The summed E-state index contributed by atoms with van der Waals surface area (Å²) in [4.78, 5) is 20.2. The molecule has 2 aromatic carbocycles. The van der Waals surface area contributed by atoms with Crippen LogP contribution in [0, 0.1) is 0 Å². The highest BCUT2D eigenvalue weighted by atomic mass is 32.2. The monoisotopic (exact) mass is 515 g/mol. The highest BCUT2D eigenvalue weighted by molar-refractivity contribution is 7.92. The fourth-order valence-corrected chi connectivity index (χ4v) is 4.03. The third-order valence-electron chi connectivity index (χ3n) is 4.60. The first-order chi connectivity index (χ1) is 16.8. The molecule has 0 aliphatic carbocycles. The van der Waals surface area contributed by atoms with E-state index in [2.05, 4.69) is 32.2 Å². The third-order valence-corrected chi connectivity index (χ3v) is 6.18. The second-order valence-electron chi connectivity index (χ2n) is 7.21. The largest absolute Gasteiger partial charge is 0.494 e. The molecule has 0 saturated heterocycles. The number of nitrogens with zero attached hydrogens (tertiary/aromatic N) is 2. The maximum Gasteiger partial charge on any atom is 0.263 e. The molecule has 0 bridgehead atoms. The van der Waals surface area contributed by atoms with Gasteiger partial charge in [0.05, 0.1) is 18.6 Å². The number of ether oxygens (including phenoxy) is 2. The Labute approximate surface area is 209 Å². The number of hydrogen-bond donors (Lipinski definition) is 3. The summed E-state index contributed by atoms with van der Waals surface area (Å²) in [6.45, 7) is 2.65. The Bertz CT molecular complexity index is 1280. The molecule has 0 atom stereocenters. The molecule has 3 rings (SSSR count). The number of hydrogen-bond acceptors (Lipinski definition) is 8. The second-order valence-corrected chi connectivity index (χ2v) is 9.30. The summed E-state index contributed by atoms with van der Waals surface area (Å²) in [5.74, 6) is 0.509. The van der Waals surface area contributed by atoms with Crippen molar-refractivity contribution < 1.29 is 22.7 Å². The van der Waals surface area contributed by atoms with E-state index in [0.29, 0.717) is 23.6 Å². The number of thiocarbonyl (C=S) groups is 1. The highest BCUT2D eigenvalue weighted by Gasteiger charge is 2.16. The lowest BCUT2D eigenvalue weighted by Crippen LogP contribution is -2.34. The Balaban J connectivity index is 1.58. The molecule has 1 aromatic heterocycles. The fraction of sp³-hybridized carbons (Fsp3) is 0.217. The summed E-state index contributed by atoms with van der Waals surface area (Å²) in [5, 5.41) is 5.52. The second kappa shape index (κ2) is 12.1. The average molecular weight is 516 g/mol. The van der Waals surface area contributed by atoms with E-state index in [9.17, 15) is 13.2 Å². The third kappa shape index (κ3) is 7.62. The summed E-state index contributed by atoms with van der Waals surface area (Å²) in [6.07, 6.45) is 3.13. The van der Waals surface area contributed by atoms with Crippen molar-refractivity contribution in [1.29, 1.82) is 0 Å². The Morgan fingerprint density at radius 1 is 1.09 bits per heavy atom. The molecule has 0 spiro atoms. The van der Waals surface area contributed by atoms with Crippen molar-refractivity contribution in [2.75, 3.05) is 23.8 Å². The highest BCUT2D eigenvalue weighted by Crippen LogP contribution is 2.19. The van der Waals surface area contributed by atoms with Crippen molar-refractivity contribution in [3.05, 3.63) is 66.5 Å². The van der Waals surface area contributed by atoms with Gasteiger partial charge in [-0.05, 0) is 61.1 Å². The summed E-state index contributed by atoms with van der Waals surface area (Å²) >= 11 is 5.22. The Morgan fingerprint density at radius 2 is 1.86 bits per heavy atom. The van der Waals surface area contributed by atoms with Gasteiger partial charge in [-0.15, -0.1) is 0 Å². The van der Waals surface area contributed by atoms with E-state index in [1.807, 2.05) is 0 Å². The van der Waals surface area contributed by atoms with Crippen molar-refractivity contribution in [1.82, 2.24) is 15.3 Å². The van der Waals surface area contributed by atoms with Crippen LogP contribution in [0.4, 0.5) is 11.5 Å². The molecular weight excluding hydrogens is 490 g/mol. The number of benzene rings is 2. The molecule has 1 heterocycles. The van der Waals surface area contributed by atoms with E-state index in [-0.39, 0.29) is 21.7 Å². The molecule has 0 saturated carbocycles. The predicted molar refractivity (Wildman–Crippen MR) is 136 cm³/mol. The maximum atomic E-state index is 12.6. The van der Waals surface area contributed by atoms with Crippen LogP contribution in [0.1, 0.15) is 30.1 Å². The van der Waals surface area contributed by atoms with E-state index < -0.39 is 15.9 Å². The van der Waals surface area contributed by atoms with Crippen molar-refractivity contribution in [3.8, 4) is 11.6 Å². The molecule has 3 aromatic rings. The molecule has 0 unspecified atom stereocenters. The van der Waals surface area contributed by atoms with Gasteiger partial charge in [-0.3, -0.25) is 14.8 Å². The summed E-state index contributed by atoms with van der Waals surface area (Å²) in [6, 6.07) is 14.0. The lowest BCUT2D eigenvalue weighted by molar-refractivity contribution is 0.0977. The zero-order valence-electron chi connectivity index (χ0n) is 19.1. The van der Waals surface area contributed by atoms with Crippen molar-refractivity contribution in [2.24, 2.45) is 0 Å². The van der Waals surface area contributed by atoms with Gasteiger partial charge in [0.15, 0.2) is 5.11 Å². The smallest absolute Gasteiger partial charge is 0.263 e. The van der Waals surface area contributed by atoms with Crippen LogP contribution in [0.5, 0.6) is 11.6 Å². The van der Waals surface area contributed by atoms with Crippen LogP contribution in [0.2, 0.25) is 0 Å². The Kier molecular flexibility index (Phi) is 8.92. The number of carbonyl (C=O) groups excluding carboxylic acids is 1. The Morgan fingerprint density at radius 3 is 2.57 bits per heavy atom. The van der Waals surface area contributed by atoms with Crippen LogP contribution < -0.4 is 24.8 Å². The summed E-state index contributed by atoms with van der Waals surface area (Å²) in [7, 11) is -2.47. The van der Waals surface area contributed by atoms with E-state index in [1.165, 1.54) is 43.8 Å². The van der Waals surface area contributed by atoms with Gasteiger partial charge in [-0.2, -0.15) is 0 Å². The SMILES string of the molecule is CCCCOc1cccc(C(=O)NC(=S)Nc2ccc(S(=O)(=O)Nc3cc(OC)ncn3)cc2)c1. The van der Waals surface area contributed by atoms with Crippen molar-refractivity contribution in [3.63, 3.8) is 0 Å². The summed E-state index contributed by atoms with van der Waals surface area (Å²) < 4.78 is 38.2. The van der Waals surface area contributed by atoms with Gasteiger partial charge in [-0.1, -0.05) is 19.4 Å². The zero-order valence-corrected chi connectivity index (χ0v) is 20.8. The van der Waals surface area contributed by atoms with Gasteiger partial charge in [0, 0.05) is 17.3 Å². The first-order valence-electron chi connectivity index (χ1n) is 10.6. The number of amides is 1. The van der Waals surface area contributed by atoms with E-state index >= 15 is 0 Å². The Hall–Kier alpha value is -3.77. The van der Waals surface area contributed by atoms with Crippen LogP contribution in [-0.2, 0) is 10.0 Å². The van der Waals surface area contributed by atoms with Gasteiger partial charge in [0.2, 0.25) is 5.88 Å². The molecule has 10 nitrogen and oxygen atoms in total. The number of methoxy groups -OCH3 is 1. The predicted octanol–water partition coefficient (Wildman–Crippen LogP) is 3.59. The standard InChI is InChI=1S/C23H25N5O5S2/c1-3-4-12-33-18-7-5-6-16(13-18)22(29)27-23(34)26-17-8-10-19(11-9-17)35(30,31)28-20-14-21(32-2)25-15-24-20/h5-11,13-15H,3-4,12H2,1-2H3,(H,24,25,28)(H2,26,27,29,34). The molecule has 184 valence electrons. The van der Waals surface area contributed by atoms with Crippen LogP contribution in [0.15, 0.2) is 65.8 Å². The number of anilines is 2. The molecule has 0 aliphatic rings. The molecule has 12 heteroatoms. The number of carbonyl (C=O) groups is 1. The van der Waals surface area contributed by atoms with Gasteiger partial charge < -0.3 is 14.8 Å². The van der Waals surface area contributed by atoms with Crippen LogP contribution in [-0.4, -0.2) is 43.1 Å². The molecule has 0 aliphatic heterocycles. The quantitative estimate of drug-likeness (QED) is 0.274. The number of unbranched alkanes of at least 4 members (excludes halogenated alkanes) is 1. The number of rotatable bonds is 10. The van der Waals surface area contributed by atoms with Gasteiger partial charge >= 0.3 is 0 Å². The van der Waals surface area contributed by atoms with Crippen LogP contribution in [0.25, 0.3) is 0 Å². The molecule has 0 fully saturated rings. The molecule has 3 N–H and O–H groups in total. The first kappa shape index (κ1) is 25.8. The number of aromatic nitrogens is 2. The van der Waals surface area contributed by atoms with Gasteiger partial charge in [0.1, 0.15) is 17.9 Å². The average Bonchev–Trinajstić information content (AvgIpc) is 2.84. The molecular formula is C23H25N5O5S2. The fourth-order valence-electron chi connectivity index (χ4n) is 2.82. The topological polar surface area (TPSA) is 132 Å². The molecule has 1 amide bonds. The minimum Gasteiger partial charge on any atom is -0.494 e. The number of nitrogens with one attached hydrogen (secondary N) is 3. The maximum absolute atomic E-state index is 12.6. The minimum atomic E-state index is -3.89. The number of sulfonamides is 1. The minimum absolute atomic E-state index is 0.00970. The normalized spacial score (nSPS) is 10.8. The van der Waals surface area contributed by atoms with Crippen molar-refractivity contribution >= 4 is 44.8 Å². The molecule has 35 heavy (non-hydrogen) atoms. The van der Waals surface area contributed by atoms with E-state index in [1.54, 1.807) is 24.3 Å². The van der Waals surface area contributed by atoms with Crippen LogP contribution in [0.3, 0.4) is 0 Å². The molecule has 0 radical (unpaired) electrons. The first-order valence-corrected chi connectivity index (χ1v) is 12.5. The van der Waals surface area contributed by atoms with Crippen molar-refractivity contribution in [2.45, 2.75) is 24.7 Å².